The fraction of sp³-hybridized carbons (Fsp3) is 0.500. The molecule has 2 rings (SSSR count). The molecule has 5 heteroatoms. The average molecular weight is 282 g/mol. The maximum absolute atomic E-state index is 7.40. The summed E-state index contributed by atoms with van der Waals surface area (Å²) >= 11 is 6.26. The third-order valence-electron chi connectivity index (χ3n) is 3.25. The quantitative estimate of drug-likeness (QED) is 0.660. The van der Waals surface area contributed by atoms with Crippen LogP contribution in [0.15, 0.2) is 18.2 Å². The number of rotatable bonds is 3. The summed E-state index contributed by atoms with van der Waals surface area (Å²) in [5.41, 5.74) is 7.18. The Balaban J connectivity index is 2.08. The summed E-state index contributed by atoms with van der Waals surface area (Å²) in [6.07, 6.45) is 0.498. The zero-order valence-corrected chi connectivity index (χ0v) is 12.1. The minimum atomic E-state index is 0.0436. The zero-order chi connectivity index (χ0) is 14.0. The molecule has 3 N–H and O–H groups in total. The molecule has 0 bridgehead atoms. The predicted octanol–water partition coefficient (Wildman–Crippen LogP) is 2.23. The van der Waals surface area contributed by atoms with Crippen LogP contribution < -0.4 is 5.73 Å². The van der Waals surface area contributed by atoms with Gasteiger partial charge in [0, 0.05) is 30.2 Å². The first-order valence-corrected chi connectivity index (χ1v) is 6.84. The Hall–Kier alpha value is -1.10. The lowest BCUT2D eigenvalue weighted by molar-refractivity contribution is -0.0704. The van der Waals surface area contributed by atoms with E-state index in [1.54, 1.807) is 6.07 Å². The van der Waals surface area contributed by atoms with Gasteiger partial charge >= 0.3 is 0 Å². The van der Waals surface area contributed by atoms with Crippen molar-refractivity contribution in [3.8, 4) is 0 Å². The Bertz CT molecular complexity index is 468. The predicted molar refractivity (Wildman–Crippen MR) is 77.8 cm³/mol. The zero-order valence-electron chi connectivity index (χ0n) is 11.3. The molecule has 4 nitrogen and oxygen atoms in total. The van der Waals surface area contributed by atoms with E-state index in [0.29, 0.717) is 10.6 Å². The van der Waals surface area contributed by atoms with Gasteiger partial charge in [-0.2, -0.15) is 0 Å². The molecule has 1 saturated heterocycles. The topological polar surface area (TPSA) is 62.3 Å². The number of hydrogen-bond acceptors (Lipinski definition) is 3. The van der Waals surface area contributed by atoms with Crippen molar-refractivity contribution in [1.29, 1.82) is 5.41 Å². The highest BCUT2D eigenvalue weighted by molar-refractivity contribution is 6.31. The summed E-state index contributed by atoms with van der Waals surface area (Å²) in [4.78, 5) is 2.34. The molecule has 1 aliphatic heterocycles. The third-order valence-corrected chi connectivity index (χ3v) is 3.61. The number of amidine groups is 1. The maximum atomic E-state index is 7.40. The van der Waals surface area contributed by atoms with Crippen LogP contribution in [0.5, 0.6) is 0 Å². The van der Waals surface area contributed by atoms with Gasteiger partial charge in [0.2, 0.25) is 0 Å². The number of nitrogens with two attached hydrogens (primary N) is 1. The molecule has 1 aromatic rings. The fourth-order valence-electron chi connectivity index (χ4n) is 2.50. The smallest absolute Gasteiger partial charge is 0.122 e. The van der Waals surface area contributed by atoms with E-state index in [9.17, 15) is 0 Å². The minimum Gasteiger partial charge on any atom is -0.384 e. The molecule has 1 aliphatic rings. The Morgan fingerprint density at radius 1 is 1.42 bits per heavy atom. The van der Waals surface area contributed by atoms with Crippen LogP contribution in [0.2, 0.25) is 5.02 Å². The van der Waals surface area contributed by atoms with Crippen LogP contribution in [0.1, 0.15) is 25.0 Å². The van der Waals surface area contributed by atoms with E-state index in [1.807, 2.05) is 12.1 Å². The number of nitrogens with one attached hydrogen (secondary N) is 1. The second-order valence-electron chi connectivity index (χ2n) is 5.17. The molecule has 19 heavy (non-hydrogen) atoms. The lowest BCUT2D eigenvalue weighted by Gasteiger charge is -2.35. The van der Waals surface area contributed by atoms with Gasteiger partial charge in [-0.3, -0.25) is 10.3 Å². The number of nitrogen functional groups attached to an aromatic ring is 1. The molecule has 1 fully saturated rings. The van der Waals surface area contributed by atoms with Gasteiger partial charge in [0.1, 0.15) is 5.84 Å². The van der Waals surface area contributed by atoms with Gasteiger partial charge in [0.15, 0.2) is 0 Å². The van der Waals surface area contributed by atoms with Gasteiger partial charge in [0.25, 0.3) is 0 Å². The molecule has 0 aromatic heterocycles. The molecular weight excluding hydrogens is 262 g/mol. The van der Waals surface area contributed by atoms with Crippen molar-refractivity contribution in [3.05, 3.63) is 34.3 Å². The molecule has 0 spiro atoms. The first kappa shape index (κ1) is 14.3. The van der Waals surface area contributed by atoms with Gasteiger partial charge in [0.05, 0.1) is 12.2 Å². The molecule has 104 valence electrons. The lowest BCUT2D eigenvalue weighted by atomic mass is 10.1. The monoisotopic (exact) mass is 281 g/mol. The van der Waals surface area contributed by atoms with Gasteiger partial charge in [-0.15, -0.1) is 0 Å². The standard InChI is InChI=1S/C14H20ClN3O/c1-9-6-18(7-10(2)19-9)8-12-4-3-11(14(16)17)5-13(12)15/h3-5,9-10H,6-8H2,1-2H3,(H3,16,17). The number of ether oxygens (including phenoxy) is 1. The molecule has 1 heterocycles. The van der Waals surface area contributed by atoms with Gasteiger partial charge in [-0.05, 0) is 25.5 Å². The van der Waals surface area contributed by atoms with Crippen molar-refractivity contribution in [2.45, 2.75) is 32.6 Å². The number of hydrogen-bond donors (Lipinski definition) is 2. The van der Waals surface area contributed by atoms with E-state index < -0.39 is 0 Å². The summed E-state index contributed by atoms with van der Waals surface area (Å²) in [7, 11) is 0. The molecule has 0 amide bonds. The van der Waals surface area contributed by atoms with E-state index in [4.69, 9.17) is 27.5 Å². The highest BCUT2D eigenvalue weighted by Gasteiger charge is 2.22. The second kappa shape index (κ2) is 5.90. The van der Waals surface area contributed by atoms with Crippen LogP contribution in [0.3, 0.4) is 0 Å². The van der Waals surface area contributed by atoms with E-state index in [-0.39, 0.29) is 18.0 Å². The van der Waals surface area contributed by atoms with Crippen LogP contribution in [0.25, 0.3) is 0 Å². The summed E-state index contributed by atoms with van der Waals surface area (Å²) in [5, 5.41) is 8.07. The molecule has 0 saturated carbocycles. The second-order valence-corrected chi connectivity index (χ2v) is 5.58. The minimum absolute atomic E-state index is 0.0436. The number of halogens is 1. The van der Waals surface area contributed by atoms with Crippen molar-refractivity contribution in [2.75, 3.05) is 13.1 Å². The van der Waals surface area contributed by atoms with E-state index >= 15 is 0 Å². The van der Waals surface area contributed by atoms with Crippen LogP contribution in [0, 0.1) is 5.41 Å². The first-order valence-electron chi connectivity index (χ1n) is 6.46. The number of morpholine rings is 1. The highest BCUT2D eigenvalue weighted by Crippen LogP contribution is 2.21. The van der Waals surface area contributed by atoms with Crippen LogP contribution >= 0.6 is 11.6 Å². The van der Waals surface area contributed by atoms with Crippen molar-refractivity contribution >= 4 is 17.4 Å². The summed E-state index contributed by atoms with van der Waals surface area (Å²) in [6.45, 7) is 6.80. The molecule has 0 aliphatic carbocycles. The number of benzene rings is 1. The van der Waals surface area contributed by atoms with E-state index in [0.717, 1.165) is 25.2 Å². The molecule has 2 unspecified atom stereocenters. The summed E-state index contributed by atoms with van der Waals surface area (Å²) < 4.78 is 5.72. The maximum Gasteiger partial charge on any atom is 0.122 e. The largest absolute Gasteiger partial charge is 0.384 e. The van der Waals surface area contributed by atoms with Crippen LogP contribution in [0.4, 0.5) is 0 Å². The van der Waals surface area contributed by atoms with E-state index in [1.165, 1.54) is 0 Å². The van der Waals surface area contributed by atoms with Crippen molar-refractivity contribution < 1.29 is 4.74 Å². The van der Waals surface area contributed by atoms with Gasteiger partial charge in [-0.1, -0.05) is 23.7 Å². The third kappa shape index (κ3) is 3.69. The fourth-order valence-corrected chi connectivity index (χ4v) is 2.74. The molecular formula is C14H20ClN3O. The number of nitrogens with zero attached hydrogens (tertiary/aromatic N) is 1. The Kier molecular flexibility index (Phi) is 4.45. The lowest BCUT2D eigenvalue weighted by Crippen LogP contribution is -2.44. The van der Waals surface area contributed by atoms with Gasteiger partial charge in [-0.25, -0.2) is 0 Å². The molecule has 2 atom stereocenters. The Labute approximate surface area is 119 Å². The average Bonchev–Trinajstić information content (AvgIpc) is 2.30. The summed E-state index contributed by atoms with van der Waals surface area (Å²) in [5.74, 6) is 0.0436. The Morgan fingerprint density at radius 2 is 2.05 bits per heavy atom. The Morgan fingerprint density at radius 3 is 2.58 bits per heavy atom. The van der Waals surface area contributed by atoms with Crippen LogP contribution in [-0.4, -0.2) is 36.0 Å². The normalized spacial score (nSPS) is 24.4. The van der Waals surface area contributed by atoms with Crippen molar-refractivity contribution in [1.82, 2.24) is 4.90 Å². The first-order chi connectivity index (χ1) is 8.95. The highest BCUT2D eigenvalue weighted by atomic mass is 35.5. The van der Waals surface area contributed by atoms with Crippen molar-refractivity contribution in [3.63, 3.8) is 0 Å². The molecule has 0 radical (unpaired) electrons. The van der Waals surface area contributed by atoms with E-state index in [2.05, 4.69) is 18.7 Å². The van der Waals surface area contributed by atoms with Crippen LogP contribution in [-0.2, 0) is 11.3 Å². The molecule has 1 aromatic carbocycles. The summed E-state index contributed by atoms with van der Waals surface area (Å²) in [6, 6.07) is 5.55. The SMILES string of the molecule is CC1CN(Cc2ccc(C(=N)N)cc2Cl)CC(C)O1. The van der Waals surface area contributed by atoms with Gasteiger partial charge < -0.3 is 10.5 Å². The van der Waals surface area contributed by atoms with Crippen molar-refractivity contribution in [2.24, 2.45) is 5.73 Å².